The summed E-state index contributed by atoms with van der Waals surface area (Å²) in [5.41, 5.74) is 2.52. The first-order valence-electron chi connectivity index (χ1n) is 12.0. The number of carbonyl (C=O) groups is 2. The summed E-state index contributed by atoms with van der Waals surface area (Å²) in [5, 5.41) is 9.48. The molecule has 0 aliphatic heterocycles. The highest BCUT2D eigenvalue weighted by molar-refractivity contribution is 5.96. The zero-order valence-corrected chi connectivity index (χ0v) is 20.8. The molecule has 0 spiro atoms. The SMILES string of the molecule is CCCCC(Nc1ccc(C(=O)N[C@@H](C)C(=O)OCC)cc1)c1ccc(-c2noc(C(F)(F)F)n2)cc1. The highest BCUT2D eigenvalue weighted by Crippen LogP contribution is 2.30. The van der Waals surface area contributed by atoms with Gasteiger partial charge in [0.25, 0.3) is 5.91 Å². The van der Waals surface area contributed by atoms with E-state index in [9.17, 15) is 22.8 Å². The van der Waals surface area contributed by atoms with E-state index >= 15 is 0 Å². The number of ether oxygens (including phenoxy) is 1. The lowest BCUT2D eigenvalue weighted by molar-refractivity contribution is -0.159. The van der Waals surface area contributed by atoms with E-state index in [1.807, 2.05) is 12.1 Å². The summed E-state index contributed by atoms with van der Waals surface area (Å²) in [6.07, 6.45) is -1.95. The summed E-state index contributed by atoms with van der Waals surface area (Å²) in [4.78, 5) is 27.6. The van der Waals surface area contributed by atoms with Crippen molar-refractivity contribution in [3.63, 3.8) is 0 Å². The van der Waals surface area contributed by atoms with Crippen molar-refractivity contribution >= 4 is 17.6 Å². The van der Waals surface area contributed by atoms with Crippen LogP contribution in [0, 0.1) is 0 Å². The minimum atomic E-state index is -4.70. The Hall–Kier alpha value is -3.89. The second-order valence-electron chi connectivity index (χ2n) is 8.41. The molecule has 0 saturated carbocycles. The van der Waals surface area contributed by atoms with E-state index in [1.54, 1.807) is 50.2 Å². The van der Waals surface area contributed by atoms with Gasteiger partial charge in [0.1, 0.15) is 6.04 Å². The largest absolute Gasteiger partial charge is 0.471 e. The quantitative estimate of drug-likeness (QED) is 0.310. The van der Waals surface area contributed by atoms with E-state index in [-0.39, 0.29) is 24.4 Å². The minimum absolute atomic E-state index is 0.0754. The predicted molar refractivity (Wildman–Crippen MR) is 131 cm³/mol. The Kier molecular flexibility index (Phi) is 9.26. The third kappa shape index (κ3) is 7.55. The third-order valence-electron chi connectivity index (χ3n) is 5.56. The second-order valence-corrected chi connectivity index (χ2v) is 8.41. The summed E-state index contributed by atoms with van der Waals surface area (Å²) in [6, 6.07) is 12.9. The van der Waals surface area contributed by atoms with Crippen LogP contribution in [0.3, 0.4) is 0 Å². The van der Waals surface area contributed by atoms with Crippen LogP contribution in [0.5, 0.6) is 0 Å². The maximum absolute atomic E-state index is 12.8. The molecule has 11 heteroatoms. The van der Waals surface area contributed by atoms with Crippen molar-refractivity contribution in [2.45, 2.75) is 58.3 Å². The van der Waals surface area contributed by atoms with Gasteiger partial charge < -0.3 is 19.9 Å². The van der Waals surface area contributed by atoms with Gasteiger partial charge in [-0.15, -0.1) is 0 Å². The number of unbranched alkanes of at least 4 members (excludes halogenated alkanes) is 1. The van der Waals surface area contributed by atoms with Crippen LogP contribution < -0.4 is 10.6 Å². The highest BCUT2D eigenvalue weighted by Gasteiger charge is 2.38. The van der Waals surface area contributed by atoms with E-state index in [4.69, 9.17) is 4.74 Å². The molecule has 0 saturated heterocycles. The molecule has 0 aliphatic rings. The molecule has 0 aliphatic carbocycles. The maximum Gasteiger partial charge on any atom is 0.471 e. The van der Waals surface area contributed by atoms with Gasteiger partial charge in [0.2, 0.25) is 5.82 Å². The van der Waals surface area contributed by atoms with Crippen LogP contribution in [0.4, 0.5) is 18.9 Å². The van der Waals surface area contributed by atoms with Crippen LogP contribution in [-0.4, -0.2) is 34.7 Å². The Bertz CT molecular complexity index is 1180. The first kappa shape index (κ1) is 27.7. The van der Waals surface area contributed by atoms with Crippen molar-refractivity contribution in [2.24, 2.45) is 0 Å². The molecule has 198 valence electrons. The fraction of sp³-hybridized carbons (Fsp3) is 0.385. The molecule has 1 amide bonds. The number of aromatic nitrogens is 2. The smallest absolute Gasteiger partial charge is 0.464 e. The molecule has 3 aromatic rings. The number of halogens is 3. The molecular formula is C26H29F3N4O4. The number of hydrogen-bond acceptors (Lipinski definition) is 7. The van der Waals surface area contributed by atoms with Gasteiger partial charge >= 0.3 is 18.0 Å². The molecule has 3 rings (SSSR count). The van der Waals surface area contributed by atoms with Crippen LogP contribution in [0.25, 0.3) is 11.4 Å². The number of benzene rings is 2. The van der Waals surface area contributed by atoms with Crippen LogP contribution in [-0.2, 0) is 15.7 Å². The van der Waals surface area contributed by atoms with Gasteiger partial charge in [-0.25, -0.2) is 4.79 Å². The number of anilines is 1. The summed E-state index contributed by atoms with van der Waals surface area (Å²) >= 11 is 0. The number of rotatable bonds is 11. The third-order valence-corrected chi connectivity index (χ3v) is 5.56. The summed E-state index contributed by atoms with van der Waals surface area (Å²) in [5.74, 6) is -2.41. The fourth-order valence-electron chi connectivity index (χ4n) is 3.58. The van der Waals surface area contributed by atoms with E-state index < -0.39 is 24.1 Å². The van der Waals surface area contributed by atoms with Gasteiger partial charge in [-0.05, 0) is 50.1 Å². The number of esters is 1. The van der Waals surface area contributed by atoms with Crippen molar-refractivity contribution < 1.29 is 32.0 Å². The van der Waals surface area contributed by atoms with Crippen molar-refractivity contribution in [1.82, 2.24) is 15.5 Å². The standard InChI is InChI=1S/C26H29F3N4O4/c1-4-6-7-21(17-8-10-18(11-9-17)22-32-25(37-33-22)26(27,28)29)31-20-14-12-19(13-15-20)23(34)30-16(3)24(35)36-5-2/h8-16,21,31H,4-7H2,1-3H3,(H,30,34)/t16-,21?/m0/s1. The summed E-state index contributed by atoms with van der Waals surface area (Å²) < 4.78 is 47.5. The van der Waals surface area contributed by atoms with Gasteiger partial charge in [-0.1, -0.05) is 49.2 Å². The van der Waals surface area contributed by atoms with Gasteiger partial charge in [-0.3, -0.25) is 4.79 Å². The van der Waals surface area contributed by atoms with E-state index in [0.717, 1.165) is 30.5 Å². The molecule has 1 aromatic heterocycles. The van der Waals surface area contributed by atoms with E-state index in [2.05, 4.69) is 32.2 Å². The number of nitrogens with one attached hydrogen (secondary N) is 2. The van der Waals surface area contributed by atoms with E-state index in [0.29, 0.717) is 11.1 Å². The number of alkyl halides is 3. The molecule has 1 unspecified atom stereocenters. The Balaban J connectivity index is 1.69. The lowest BCUT2D eigenvalue weighted by atomic mass is 9.99. The second kappa shape index (κ2) is 12.4. The van der Waals surface area contributed by atoms with Crippen LogP contribution >= 0.6 is 0 Å². The molecule has 0 radical (unpaired) electrons. The topological polar surface area (TPSA) is 106 Å². The van der Waals surface area contributed by atoms with E-state index in [1.165, 1.54) is 0 Å². The Morgan fingerprint density at radius 3 is 2.30 bits per heavy atom. The minimum Gasteiger partial charge on any atom is -0.464 e. The fourth-order valence-corrected chi connectivity index (χ4v) is 3.58. The predicted octanol–water partition coefficient (Wildman–Crippen LogP) is 5.78. The van der Waals surface area contributed by atoms with Crippen molar-refractivity contribution in [2.75, 3.05) is 11.9 Å². The Labute approximate surface area is 212 Å². The maximum atomic E-state index is 12.8. The monoisotopic (exact) mass is 518 g/mol. The van der Waals surface area contributed by atoms with Gasteiger partial charge in [-0.2, -0.15) is 18.2 Å². The molecule has 37 heavy (non-hydrogen) atoms. The van der Waals surface area contributed by atoms with Gasteiger partial charge in [0, 0.05) is 16.8 Å². The zero-order chi connectivity index (χ0) is 27.0. The molecule has 0 bridgehead atoms. The van der Waals surface area contributed by atoms with Crippen LogP contribution in [0.2, 0.25) is 0 Å². The van der Waals surface area contributed by atoms with Crippen molar-refractivity contribution in [1.29, 1.82) is 0 Å². The molecule has 2 N–H and O–H groups in total. The first-order valence-corrected chi connectivity index (χ1v) is 12.0. The summed E-state index contributed by atoms with van der Waals surface area (Å²) in [7, 11) is 0. The zero-order valence-electron chi connectivity index (χ0n) is 20.8. The summed E-state index contributed by atoms with van der Waals surface area (Å²) in [6.45, 7) is 5.57. The number of nitrogens with zero attached hydrogens (tertiary/aromatic N) is 2. The van der Waals surface area contributed by atoms with Gasteiger partial charge in [0.15, 0.2) is 0 Å². The Morgan fingerprint density at radius 2 is 1.73 bits per heavy atom. The Morgan fingerprint density at radius 1 is 1.05 bits per heavy atom. The first-order chi connectivity index (χ1) is 17.6. The molecule has 8 nitrogen and oxygen atoms in total. The van der Waals surface area contributed by atoms with Gasteiger partial charge in [0.05, 0.1) is 12.6 Å². The molecule has 0 fully saturated rings. The molecule has 1 heterocycles. The number of carbonyl (C=O) groups excluding carboxylic acids is 2. The molecule has 2 atom stereocenters. The molecule has 2 aromatic carbocycles. The highest BCUT2D eigenvalue weighted by atomic mass is 19.4. The van der Waals surface area contributed by atoms with Crippen molar-refractivity contribution in [3.8, 4) is 11.4 Å². The number of amides is 1. The number of hydrogen-bond donors (Lipinski definition) is 2. The lowest BCUT2D eigenvalue weighted by Gasteiger charge is -2.21. The average Bonchev–Trinajstić information content (AvgIpc) is 3.38. The van der Waals surface area contributed by atoms with Crippen molar-refractivity contribution in [3.05, 3.63) is 65.5 Å². The normalized spacial score (nSPS) is 13.0. The van der Waals surface area contributed by atoms with Crippen LogP contribution in [0.15, 0.2) is 53.1 Å². The lowest BCUT2D eigenvalue weighted by Crippen LogP contribution is -2.39. The average molecular weight is 519 g/mol. The van der Waals surface area contributed by atoms with Crippen LogP contribution in [0.1, 0.15) is 67.9 Å². The molecular weight excluding hydrogens is 489 g/mol.